The molecule has 1 unspecified atom stereocenters. The fourth-order valence-electron chi connectivity index (χ4n) is 2.56. The molecule has 0 spiro atoms. The van der Waals surface area contributed by atoms with Crippen molar-refractivity contribution >= 4 is 5.91 Å². The number of rotatable bonds is 4. The molecule has 122 valence electrons. The van der Waals surface area contributed by atoms with Crippen LogP contribution in [-0.4, -0.2) is 45.1 Å². The second kappa shape index (κ2) is 5.94. The van der Waals surface area contributed by atoms with Gasteiger partial charge in [-0.3, -0.25) is 9.89 Å². The SMILES string of the molecule is Cc1nc(C2CC(F)(F)CN2C(=O)COc2ccccc2)n[nH]1. The van der Waals surface area contributed by atoms with Gasteiger partial charge >= 0.3 is 0 Å². The number of aromatic amines is 1. The highest BCUT2D eigenvalue weighted by Crippen LogP contribution is 2.39. The molecule has 1 aliphatic rings. The summed E-state index contributed by atoms with van der Waals surface area (Å²) in [6.45, 7) is 0.719. The summed E-state index contributed by atoms with van der Waals surface area (Å²) in [5.74, 6) is -2.24. The number of carbonyl (C=O) groups excluding carboxylic acids is 1. The third-order valence-electron chi connectivity index (χ3n) is 3.61. The van der Waals surface area contributed by atoms with Crippen molar-refractivity contribution in [2.75, 3.05) is 13.2 Å². The van der Waals surface area contributed by atoms with E-state index >= 15 is 0 Å². The van der Waals surface area contributed by atoms with Gasteiger partial charge in [0.1, 0.15) is 11.6 Å². The minimum atomic E-state index is -2.96. The van der Waals surface area contributed by atoms with Gasteiger partial charge in [0.05, 0.1) is 12.6 Å². The smallest absolute Gasteiger partial charge is 0.267 e. The molecule has 0 bridgehead atoms. The molecule has 0 aliphatic carbocycles. The number of nitrogens with one attached hydrogen (secondary N) is 1. The quantitative estimate of drug-likeness (QED) is 0.936. The lowest BCUT2D eigenvalue weighted by Gasteiger charge is -2.21. The number of amides is 1. The maximum atomic E-state index is 13.8. The number of carbonyl (C=O) groups is 1. The summed E-state index contributed by atoms with van der Waals surface area (Å²) in [7, 11) is 0. The first kappa shape index (κ1) is 15.4. The number of aryl methyl sites for hydroxylation is 1. The van der Waals surface area contributed by atoms with Gasteiger partial charge in [-0.05, 0) is 19.1 Å². The first-order valence-corrected chi connectivity index (χ1v) is 7.19. The summed E-state index contributed by atoms with van der Waals surface area (Å²) in [6, 6.07) is 7.90. The molecule has 1 aliphatic heterocycles. The predicted octanol–water partition coefficient (Wildman–Crippen LogP) is 2.10. The van der Waals surface area contributed by atoms with Gasteiger partial charge < -0.3 is 9.64 Å². The van der Waals surface area contributed by atoms with E-state index in [2.05, 4.69) is 15.2 Å². The Morgan fingerprint density at radius 3 is 2.83 bits per heavy atom. The average molecular weight is 322 g/mol. The summed E-state index contributed by atoms with van der Waals surface area (Å²) in [5, 5.41) is 6.53. The van der Waals surface area contributed by atoms with Gasteiger partial charge in [-0.1, -0.05) is 18.2 Å². The van der Waals surface area contributed by atoms with Crippen molar-refractivity contribution in [1.82, 2.24) is 20.1 Å². The molecule has 1 fully saturated rings. The summed E-state index contributed by atoms with van der Waals surface area (Å²) < 4.78 is 32.9. The van der Waals surface area contributed by atoms with Crippen LogP contribution in [0.4, 0.5) is 8.78 Å². The number of likely N-dealkylation sites (tertiary alicyclic amines) is 1. The molecule has 2 aromatic rings. The lowest BCUT2D eigenvalue weighted by atomic mass is 10.2. The molecular weight excluding hydrogens is 306 g/mol. The Kier molecular flexibility index (Phi) is 3.97. The van der Waals surface area contributed by atoms with Crippen molar-refractivity contribution in [2.24, 2.45) is 0 Å². The normalized spacial score (nSPS) is 19.8. The molecule has 23 heavy (non-hydrogen) atoms. The number of hydrogen-bond acceptors (Lipinski definition) is 4. The van der Waals surface area contributed by atoms with Crippen LogP contribution in [0.1, 0.15) is 24.1 Å². The molecule has 8 heteroatoms. The third-order valence-corrected chi connectivity index (χ3v) is 3.61. The Bertz CT molecular complexity index is 690. The molecule has 0 radical (unpaired) electrons. The lowest BCUT2D eigenvalue weighted by Crippen LogP contribution is -2.36. The van der Waals surface area contributed by atoms with Crippen molar-refractivity contribution < 1.29 is 18.3 Å². The van der Waals surface area contributed by atoms with Gasteiger partial charge in [-0.25, -0.2) is 13.8 Å². The largest absolute Gasteiger partial charge is 0.484 e. The number of alkyl halides is 2. The molecule has 1 N–H and O–H groups in total. The van der Waals surface area contributed by atoms with Crippen LogP contribution in [0.15, 0.2) is 30.3 Å². The second-order valence-corrected chi connectivity index (χ2v) is 5.48. The first-order valence-electron chi connectivity index (χ1n) is 7.19. The van der Waals surface area contributed by atoms with E-state index in [1.807, 2.05) is 6.07 Å². The highest BCUT2D eigenvalue weighted by molar-refractivity contribution is 5.78. The Hall–Kier alpha value is -2.51. The fraction of sp³-hybridized carbons (Fsp3) is 0.400. The Balaban J connectivity index is 1.72. The summed E-state index contributed by atoms with van der Waals surface area (Å²) >= 11 is 0. The molecule has 3 rings (SSSR count). The van der Waals surface area contributed by atoms with Gasteiger partial charge in [0.15, 0.2) is 12.4 Å². The van der Waals surface area contributed by atoms with Gasteiger partial charge in [-0.2, -0.15) is 5.10 Å². The molecule has 1 saturated heterocycles. The summed E-state index contributed by atoms with van der Waals surface area (Å²) in [6.07, 6.45) is -0.485. The zero-order chi connectivity index (χ0) is 16.4. The molecule has 1 amide bonds. The number of halogens is 2. The van der Waals surface area contributed by atoms with Gasteiger partial charge in [0.2, 0.25) is 0 Å². The maximum absolute atomic E-state index is 13.8. The van der Waals surface area contributed by atoms with Gasteiger partial charge in [0, 0.05) is 6.42 Å². The van der Waals surface area contributed by atoms with Crippen molar-refractivity contribution in [1.29, 1.82) is 0 Å². The van der Waals surface area contributed by atoms with Crippen LogP contribution in [0.3, 0.4) is 0 Å². The first-order chi connectivity index (χ1) is 10.9. The highest BCUT2D eigenvalue weighted by atomic mass is 19.3. The van der Waals surface area contributed by atoms with E-state index in [4.69, 9.17) is 4.74 Å². The van der Waals surface area contributed by atoms with Crippen LogP contribution in [0, 0.1) is 6.92 Å². The van der Waals surface area contributed by atoms with Crippen LogP contribution in [0.5, 0.6) is 5.75 Å². The van der Waals surface area contributed by atoms with Crippen LogP contribution in [0.25, 0.3) is 0 Å². The van der Waals surface area contributed by atoms with Crippen LogP contribution >= 0.6 is 0 Å². The predicted molar refractivity (Wildman–Crippen MR) is 77.1 cm³/mol. The highest BCUT2D eigenvalue weighted by Gasteiger charge is 2.49. The van der Waals surface area contributed by atoms with Gasteiger partial charge in [-0.15, -0.1) is 0 Å². The van der Waals surface area contributed by atoms with E-state index in [0.717, 1.165) is 4.90 Å². The van der Waals surface area contributed by atoms with Crippen molar-refractivity contribution in [2.45, 2.75) is 25.3 Å². The second-order valence-electron chi connectivity index (χ2n) is 5.48. The summed E-state index contributed by atoms with van der Waals surface area (Å²) in [4.78, 5) is 17.5. The number of benzene rings is 1. The monoisotopic (exact) mass is 322 g/mol. The number of hydrogen-bond donors (Lipinski definition) is 1. The van der Waals surface area contributed by atoms with Gasteiger partial charge in [0.25, 0.3) is 11.8 Å². The minimum absolute atomic E-state index is 0.202. The van der Waals surface area contributed by atoms with Crippen molar-refractivity contribution in [3.05, 3.63) is 42.0 Å². The Morgan fingerprint density at radius 1 is 1.43 bits per heavy atom. The van der Waals surface area contributed by atoms with Crippen LogP contribution in [-0.2, 0) is 4.79 Å². The lowest BCUT2D eigenvalue weighted by molar-refractivity contribution is -0.135. The number of nitrogens with zero attached hydrogens (tertiary/aromatic N) is 3. The third kappa shape index (κ3) is 3.46. The van der Waals surface area contributed by atoms with E-state index in [-0.39, 0.29) is 12.4 Å². The van der Waals surface area contributed by atoms with E-state index in [1.54, 1.807) is 31.2 Å². The summed E-state index contributed by atoms with van der Waals surface area (Å²) in [5.41, 5.74) is 0. The molecule has 1 aromatic carbocycles. The van der Waals surface area contributed by atoms with E-state index < -0.39 is 30.8 Å². The van der Waals surface area contributed by atoms with Crippen LogP contribution < -0.4 is 4.74 Å². The fourth-order valence-corrected chi connectivity index (χ4v) is 2.56. The molecule has 2 heterocycles. The Labute approximate surface area is 131 Å². The molecule has 1 atom stereocenters. The van der Waals surface area contributed by atoms with E-state index in [1.165, 1.54) is 0 Å². The minimum Gasteiger partial charge on any atom is -0.484 e. The average Bonchev–Trinajstić information content (AvgIpc) is 3.09. The number of para-hydroxylation sites is 1. The zero-order valence-electron chi connectivity index (χ0n) is 12.5. The molecule has 6 nitrogen and oxygen atoms in total. The zero-order valence-corrected chi connectivity index (χ0v) is 12.5. The van der Waals surface area contributed by atoms with E-state index in [0.29, 0.717) is 11.6 Å². The van der Waals surface area contributed by atoms with E-state index in [9.17, 15) is 13.6 Å². The van der Waals surface area contributed by atoms with Crippen molar-refractivity contribution in [3.63, 3.8) is 0 Å². The standard InChI is InChI=1S/C15H16F2N4O2/c1-10-18-14(20-19-10)12-7-15(16,17)9-21(12)13(22)8-23-11-5-3-2-4-6-11/h2-6,12H,7-9H2,1H3,(H,18,19,20). The topological polar surface area (TPSA) is 71.1 Å². The van der Waals surface area contributed by atoms with Crippen LogP contribution in [0.2, 0.25) is 0 Å². The number of ether oxygens (including phenoxy) is 1. The number of H-pyrrole nitrogens is 1. The Morgan fingerprint density at radius 2 is 2.17 bits per heavy atom. The molecule has 0 saturated carbocycles. The van der Waals surface area contributed by atoms with Crippen molar-refractivity contribution in [3.8, 4) is 5.75 Å². The molecule has 1 aromatic heterocycles. The number of aromatic nitrogens is 3. The maximum Gasteiger partial charge on any atom is 0.267 e. The molecular formula is C15H16F2N4O2.